The average molecular weight is 274 g/mol. The lowest BCUT2D eigenvalue weighted by Gasteiger charge is -2.32. The van der Waals surface area contributed by atoms with Crippen LogP contribution in [0.1, 0.15) is 38.5 Å². The molecule has 0 aliphatic heterocycles. The van der Waals surface area contributed by atoms with Crippen LogP contribution in [0.15, 0.2) is 18.6 Å². The third-order valence-corrected chi connectivity index (χ3v) is 4.21. The lowest BCUT2D eigenvalue weighted by molar-refractivity contribution is 0.294. The third kappa shape index (κ3) is 2.63. The number of hydrogen-bond donors (Lipinski definition) is 2. The minimum atomic E-state index is 0.159. The first-order chi connectivity index (χ1) is 9.90. The number of nitrogens with zero attached hydrogens (tertiary/aromatic N) is 3. The first-order valence-electron chi connectivity index (χ1n) is 7.56. The highest BCUT2D eigenvalue weighted by molar-refractivity contribution is 5.87. The van der Waals surface area contributed by atoms with Gasteiger partial charge >= 0.3 is 0 Å². The zero-order valence-electron chi connectivity index (χ0n) is 11.8. The molecule has 1 saturated carbocycles. The van der Waals surface area contributed by atoms with Crippen molar-refractivity contribution in [2.24, 2.45) is 0 Å². The van der Waals surface area contributed by atoms with E-state index >= 15 is 0 Å². The first-order valence-corrected chi connectivity index (χ1v) is 7.56. The molecule has 0 amide bonds. The molecule has 0 bridgehead atoms. The van der Waals surface area contributed by atoms with Crippen LogP contribution in [0.4, 0.5) is 5.82 Å². The maximum absolute atomic E-state index is 9.43. The molecular formula is C15H22N4O. The van der Waals surface area contributed by atoms with Crippen LogP contribution < -0.4 is 4.90 Å². The fraction of sp³-hybridized carbons (Fsp3) is 0.600. The molecule has 5 nitrogen and oxygen atoms in total. The molecule has 3 rings (SSSR count). The second-order valence-electron chi connectivity index (χ2n) is 5.50. The number of fused-ring (bicyclic) bond motifs is 1. The summed E-state index contributed by atoms with van der Waals surface area (Å²) in [4.78, 5) is 14.2. The van der Waals surface area contributed by atoms with Gasteiger partial charge in [0.1, 0.15) is 17.8 Å². The average Bonchev–Trinajstić information content (AvgIpc) is 2.79. The number of nitrogens with one attached hydrogen (secondary N) is 1. The summed E-state index contributed by atoms with van der Waals surface area (Å²) in [6, 6.07) is 2.50. The summed E-state index contributed by atoms with van der Waals surface area (Å²) in [5.41, 5.74) is 0.867. The van der Waals surface area contributed by atoms with E-state index in [4.69, 9.17) is 0 Å². The molecule has 0 radical (unpaired) electrons. The van der Waals surface area contributed by atoms with Gasteiger partial charge in [-0.25, -0.2) is 9.97 Å². The second kappa shape index (κ2) is 6.22. The van der Waals surface area contributed by atoms with Crippen LogP contribution in [0.25, 0.3) is 11.0 Å². The topological polar surface area (TPSA) is 65.0 Å². The summed E-state index contributed by atoms with van der Waals surface area (Å²) in [6.45, 7) is 0.800. The van der Waals surface area contributed by atoms with Crippen LogP contribution in [0, 0.1) is 0 Å². The molecule has 1 aliphatic rings. The fourth-order valence-electron chi connectivity index (χ4n) is 3.23. The molecule has 1 fully saturated rings. The van der Waals surface area contributed by atoms with E-state index in [1.54, 1.807) is 6.33 Å². The van der Waals surface area contributed by atoms with Gasteiger partial charge in [0.15, 0.2) is 0 Å². The van der Waals surface area contributed by atoms with E-state index in [-0.39, 0.29) is 6.61 Å². The molecule has 5 heteroatoms. The summed E-state index contributed by atoms with van der Waals surface area (Å²) >= 11 is 0. The summed E-state index contributed by atoms with van der Waals surface area (Å²) in [5, 5.41) is 10.5. The second-order valence-corrected chi connectivity index (χ2v) is 5.50. The number of rotatable bonds is 4. The monoisotopic (exact) mass is 274 g/mol. The molecule has 1 aliphatic carbocycles. The van der Waals surface area contributed by atoms with Crippen LogP contribution in [-0.2, 0) is 0 Å². The van der Waals surface area contributed by atoms with Crippen molar-refractivity contribution in [1.29, 1.82) is 0 Å². The molecule has 20 heavy (non-hydrogen) atoms. The summed E-state index contributed by atoms with van der Waals surface area (Å²) < 4.78 is 0. The fourth-order valence-corrected chi connectivity index (χ4v) is 3.23. The number of aromatic amines is 1. The number of anilines is 1. The van der Waals surface area contributed by atoms with Gasteiger partial charge in [-0.15, -0.1) is 0 Å². The van der Waals surface area contributed by atoms with Gasteiger partial charge in [0, 0.05) is 18.8 Å². The van der Waals surface area contributed by atoms with E-state index in [2.05, 4.69) is 19.9 Å². The third-order valence-electron chi connectivity index (χ3n) is 4.21. The number of H-pyrrole nitrogens is 1. The molecule has 0 saturated heterocycles. The van der Waals surface area contributed by atoms with Crippen molar-refractivity contribution in [3.63, 3.8) is 0 Å². The molecular weight excluding hydrogens is 252 g/mol. The highest BCUT2D eigenvalue weighted by Gasteiger charge is 2.23. The lowest BCUT2D eigenvalue weighted by Crippen LogP contribution is -2.38. The van der Waals surface area contributed by atoms with E-state index in [1.807, 2.05) is 12.3 Å². The first kappa shape index (κ1) is 13.4. The molecule has 2 aromatic rings. The van der Waals surface area contributed by atoms with E-state index in [0.29, 0.717) is 12.6 Å². The Bertz CT molecular complexity index is 546. The van der Waals surface area contributed by atoms with Crippen molar-refractivity contribution in [3.8, 4) is 0 Å². The maximum Gasteiger partial charge on any atom is 0.142 e. The standard InChI is InChI=1S/C15H22N4O/c20-10-9-19(12-5-3-1-2-4-6-12)15-13-7-8-16-14(13)17-11-18-15/h7-8,11-12,20H,1-6,9-10H2,(H,16,17,18). The van der Waals surface area contributed by atoms with Gasteiger partial charge in [-0.1, -0.05) is 25.7 Å². The predicted octanol–water partition coefficient (Wildman–Crippen LogP) is 2.48. The zero-order chi connectivity index (χ0) is 13.8. The van der Waals surface area contributed by atoms with Crippen LogP contribution in [0.2, 0.25) is 0 Å². The van der Waals surface area contributed by atoms with Gasteiger partial charge in [-0.3, -0.25) is 0 Å². The zero-order valence-corrected chi connectivity index (χ0v) is 11.8. The Morgan fingerprint density at radius 2 is 2.00 bits per heavy atom. The Labute approximate surface area is 119 Å². The van der Waals surface area contributed by atoms with Gasteiger partial charge < -0.3 is 15.0 Å². The Hall–Kier alpha value is -1.62. The van der Waals surface area contributed by atoms with Crippen LogP contribution >= 0.6 is 0 Å². The predicted molar refractivity (Wildman–Crippen MR) is 79.8 cm³/mol. The van der Waals surface area contributed by atoms with Gasteiger partial charge in [0.05, 0.1) is 12.0 Å². The highest BCUT2D eigenvalue weighted by Crippen LogP contribution is 2.29. The summed E-state index contributed by atoms with van der Waals surface area (Å²) in [6.07, 6.45) is 11.1. The van der Waals surface area contributed by atoms with Crippen molar-refractivity contribution in [1.82, 2.24) is 15.0 Å². The highest BCUT2D eigenvalue weighted by atomic mass is 16.3. The molecule has 2 aromatic heterocycles. The molecule has 0 spiro atoms. The number of aromatic nitrogens is 3. The van der Waals surface area contributed by atoms with Gasteiger partial charge in [-0.2, -0.15) is 0 Å². The van der Waals surface area contributed by atoms with Crippen molar-refractivity contribution in [2.75, 3.05) is 18.1 Å². The van der Waals surface area contributed by atoms with Crippen molar-refractivity contribution in [2.45, 2.75) is 44.6 Å². The normalized spacial score (nSPS) is 17.2. The van der Waals surface area contributed by atoms with Crippen molar-refractivity contribution in [3.05, 3.63) is 18.6 Å². The maximum atomic E-state index is 9.43. The largest absolute Gasteiger partial charge is 0.395 e. The molecule has 2 heterocycles. The van der Waals surface area contributed by atoms with E-state index < -0.39 is 0 Å². The Kier molecular flexibility index (Phi) is 4.16. The van der Waals surface area contributed by atoms with E-state index in [0.717, 1.165) is 16.9 Å². The van der Waals surface area contributed by atoms with Crippen molar-refractivity contribution < 1.29 is 5.11 Å². The van der Waals surface area contributed by atoms with Crippen LogP contribution in [0.5, 0.6) is 0 Å². The molecule has 0 unspecified atom stereocenters. The Morgan fingerprint density at radius 1 is 1.20 bits per heavy atom. The van der Waals surface area contributed by atoms with Crippen LogP contribution in [0.3, 0.4) is 0 Å². The minimum Gasteiger partial charge on any atom is -0.395 e. The smallest absolute Gasteiger partial charge is 0.142 e. The summed E-state index contributed by atoms with van der Waals surface area (Å²) in [7, 11) is 0. The van der Waals surface area contributed by atoms with E-state index in [1.165, 1.54) is 38.5 Å². The number of aliphatic hydroxyl groups is 1. The molecule has 108 valence electrons. The number of aliphatic hydroxyl groups excluding tert-OH is 1. The Morgan fingerprint density at radius 3 is 2.75 bits per heavy atom. The van der Waals surface area contributed by atoms with Gasteiger partial charge in [0.25, 0.3) is 0 Å². The molecule has 2 N–H and O–H groups in total. The molecule has 0 aromatic carbocycles. The van der Waals surface area contributed by atoms with Crippen LogP contribution in [-0.4, -0.2) is 39.3 Å². The Balaban J connectivity index is 1.94. The van der Waals surface area contributed by atoms with E-state index in [9.17, 15) is 5.11 Å². The minimum absolute atomic E-state index is 0.159. The quantitative estimate of drug-likeness (QED) is 0.841. The van der Waals surface area contributed by atoms with Gasteiger partial charge in [-0.05, 0) is 18.9 Å². The SMILES string of the molecule is OCCN(c1ncnc2[nH]ccc12)C1CCCCCC1. The lowest BCUT2D eigenvalue weighted by atomic mass is 10.1. The number of hydrogen-bond acceptors (Lipinski definition) is 4. The molecule has 0 atom stereocenters. The van der Waals surface area contributed by atoms with Crippen molar-refractivity contribution >= 4 is 16.9 Å². The van der Waals surface area contributed by atoms with Gasteiger partial charge in [0.2, 0.25) is 0 Å². The summed E-state index contributed by atoms with van der Waals surface area (Å²) in [5.74, 6) is 0.956.